The van der Waals surface area contributed by atoms with E-state index in [4.69, 9.17) is 22.9 Å². The van der Waals surface area contributed by atoms with Gasteiger partial charge in [-0.2, -0.15) is 18.4 Å². The number of nitriles is 1. The third-order valence-corrected chi connectivity index (χ3v) is 4.45. The number of nitrogens with one attached hydrogen (secondary N) is 1. The molecule has 1 aromatic rings. The van der Waals surface area contributed by atoms with Crippen molar-refractivity contribution in [2.24, 2.45) is 0 Å². The van der Waals surface area contributed by atoms with Crippen LogP contribution < -0.4 is 4.90 Å². The van der Waals surface area contributed by atoms with Gasteiger partial charge in [0.25, 0.3) is 0 Å². The van der Waals surface area contributed by atoms with Crippen LogP contribution in [0.4, 0.5) is 18.9 Å². The number of halogens is 3. The van der Waals surface area contributed by atoms with E-state index in [1.54, 1.807) is 0 Å². The van der Waals surface area contributed by atoms with Gasteiger partial charge in [-0.3, -0.25) is 10.3 Å². The van der Waals surface area contributed by atoms with Gasteiger partial charge in [-0.05, 0) is 30.4 Å². The fourth-order valence-electron chi connectivity index (χ4n) is 2.45. The Balaban J connectivity index is 2.59. The summed E-state index contributed by atoms with van der Waals surface area (Å²) in [6, 6.07) is 4.42. The number of anilines is 1. The molecule has 0 amide bonds. The molecule has 128 valence electrons. The minimum Gasteiger partial charge on any atom is -0.393 e. The minimum absolute atomic E-state index is 0.0408. The Kier molecular flexibility index (Phi) is 4.54. The number of nitrogens with zero attached hydrogens (tertiary/aromatic N) is 3. The fourth-order valence-corrected chi connectivity index (χ4v) is 2.82. The third kappa shape index (κ3) is 2.50. The van der Waals surface area contributed by atoms with Crippen LogP contribution >= 0.6 is 12.2 Å². The van der Waals surface area contributed by atoms with E-state index in [1.165, 1.54) is 24.1 Å². The average molecular weight is 358 g/mol. The van der Waals surface area contributed by atoms with Gasteiger partial charge in [0.05, 0.1) is 36.1 Å². The zero-order chi connectivity index (χ0) is 18.3. The van der Waals surface area contributed by atoms with Gasteiger partial charge < -0.3 is 15.1 Å². The quantitative estimate of drug-likeness (QED) is 0.706. The lowest BCUT2D eigenvalue weighted by Gasteiger charge is -2.30. The van der Waals surface area contributed by atoms with Crippen LogP contribution in [0.1, 0.15) is 11.1 Å². The van der Waals surface area contributed by atoms with E-state index in [9.17, 15) is 23.4 Å². The molecule has 0 aromatic heterocycles. The van der Waals surface area contributed by atoms with Gasteiger partial charge in [-0.1, -0.05) is 0 Å². The lowest BCUT2D eigenvalue weighted by atomic mass is 10.00. The summed E-state index contributed by atoms with van der Waals surface area (Å²) in [5.74, 6) is -0.349. The maximum Gasteiger partial charge on any atom is 0.417 e. The Hall–Kier alpha value is -2.22. The van der Waals surface area contributed by atoms with Gasteiger partial charge in [0.1, 0.15) is 11.4 Å². The zero-order valence-electron chi connectivity index (χ0n) is 12.4. The number of aliphatic hydroxyl groups excluding tert-OH is 2. The molecular weight excluding hydrogens is 345 g/mol. The van der Waals surface area contributed by atoms with Crippen LogP contribution in [0.25, 0.3) is 0 Å². The van der Waals surface area contributed by atoms with E-state index in [0.29, 0.717) is 0 Å². The second-order valence-corrected chi connectivity index (χ2v) is 5.58. The van der Waals surface area contributed by atoms with Crippen molar-refractivity contribution in [3.8, 4) is 6.07 Å². The Morgan fingerprint density at radius 2 is 1.92 bits per heavy atom. The molecule has 0 aliphatic carbocycles. The van der Waals surface area contributed by atoms with E-state index in [2.05, 4.69) is 0 Å². The molecule has 0 atom stereocenters. The van der Waals surface area contributed by atoms with Crippen molar-refractivity contribution in [2.75, 3.05) is 25.2 Å². The Bertz CT molecular complexity index is 741. The summed E-state index contributed by atoms with van der Waals surface area (Å²) < 4.78 is 39.3. The monoisotopic (exact) mass is 358 g/mol. The topological polar surface area (TPSA) is 94.6 Å². The first kappa shape index (κ1) is 18.1. The zero-order valence-corrected chi connectivity index (χ0v) is 13.2. The molecule has 1 aliphatic heterocycles. The number of alkyl halides is 3. The van der Waals surface area contributed by atoms with Gasteiger partial charge in [0.15, 0.2) is 5.11 Å². The molecule has 10 heteroatoms. The average Bonchev–Trinajstić information content (AvgIpc) is 2.73. The molecule has 0 spiro atoms. The summed E-state index contributed by atoms with van der Waals surface area (Å²) >= 11 is 5.14. The van der Waals surface area contributed by atoms with E-state index < -0.39 is 36.1 Å². The van der Waals surface area contributed by atoms with Crippen molar-refractivity contribution in [1.82, 2.24) is 4.90 Å². The standard InChI is InChI=1S/C14H13F3N4O2S/c1-20-12(24)21(11(19)13(20,6-22)7-23)9-3-2-8(5-18)10(4-9)14(15,16)17/h2-4,19,22-23H,6-7H2,1H3. The first-order valence-corrected chi connectivity index (χ1v) is 7.05. The van der Waals surface area contributed by atoms with Crippen molar-refractivity contribution in [3.05, 3.63) is 29.3 Å². The van der Waals surface area contributed by atoms with Crippen LogP contribution in [-0.2, 0) is 6.18 Å². The number of thiocarbonyl (C=S) groups is 1. The van der Waals surface area contributed by atoms with E-state index in [1.807, 2.05) is 0 Å². The molecule has 1 aliphatic rings. The number of aliphatic hydroxyl groups is 2. The molecule has 0 unspecified atom stereocenters. The summed E-state index contributed by atoms with van der Waals surface area (Å²) in [6.45, 7) is -1.28. The number of amidine groups is 1. The highest BCUT2D eigenvalue weighted by Crippen LogP contribution is 2.37. The Morgan fingerprint density at radius 1 is 1.33 bits per heavy atom. The van der Waals surface area contributed by atoms with Crippen molar-refractivity contribution in [2.45, 2.75) is 11.7 Å². The largest absolute Gasteiger partial charge is 0.417 e. The molecule has 0 saturated carbocycles. The molecule has 24 heavy (non-hydrogen) atoms. The first-order chi connectivity index (χ1) is 11.1. The predicted octanol–water partition coefficient (Wildman–Crippen LogP) is 1.31. The highest BCUT2D eigenvalue weighted by Gasteiger charge is 2.51. The number of hydrogen-bond acceptors (Lipinski definition) is 5. The van der Waals surface area contributed by atoms with Gasteiger partial charge in [-0.15, -0.1) is 0 Å². The van der Waals surface area contributed by atoms with Crippen LogP contribution in [0.5, 0.6) is 0 Å². The third-order valence-electron chi connectivity index (χ3n) is 4.00. The highest BCUT2D eigenvalue weighted by atomic mass is 32.1. The van der Waals surface area contributed by atoms with E-state index in [-0.39, 0.29) is 16.6 Å². The maximum absolute atomic E-state index is 13.1. The van der Waals surface area contributed by atoms with E-state index in [0.717, 1.165) is 17.0 Å². The Labute approximate surface area is 140 Å². The first-order valence-electron chi connectivity index (χ1n) is 6.64. The lowest BCUT2D eigenvalue weighted by Crippen LogP contribution is -2.54. The number of rotatable bonds is 3. The van der Waals surface area contributed by atoms with Gasteiger partial charge in [0.2, 0.25) is 0 Å². The molecule has 1 fully saturated rings. The highest BCUT2D eigenvalue weighted by molar-refractivity contribution is 7.80. The van der Waals surface area contributed by atoms with Gasteiger partial charge >= 0.3 is 6.18 Å². The molecular formula is C14H13F3N4O2S. The molecule has 0 bridgehead atoms. The summed E-state index contributed by atoms with van der Waals surface area (Å²) in [4.78, 5) is 2.29. The van der Waals surface area contributed by atoms with Crippen LogP contribution in [0.15, 0.2) is 18.2 Å². The fraction of sp³-hybridized carbons (Fsp3) is 0.357. The Morgan fingerprint density at radius 3 is 2.33 bits per heavy atom. The summed E-state index contributed by atoms with van der Waals surface area (Å²) in [6.07, 6.45) is -4.75. The van der Waals surface area contributed by atoms with Crippen molar-refractivity contribution in [1.29, 1.82) is 10.7 Å². The maximum atomic E-state index is 13.1. The van der Waals surface area contributed by atoms with Gasteiger partial charge in [0, 0.05) is 7.05 Å². The summed E-state index contributed by atoms with van der Waals surface area (Å²) in [7, 11) is 1.43. The number of hydrogen-bond donors (Lipinski definition) is 3. The molecule has 1 aromatic carbocycles. The van der Waals surface area contributed by atoms with Crippen LogP contribution in [0, 0.1) is 16.7 Å². The molecule has 2 rings (SSSR count). The van der Waals surface area contributed by atoms with Crippen molar-refractivity contribution >= 4 is 28.9 Å². The normalized spacial score (nSPS) is 17.4. The predicted molar refractivity (Wildman–Crippen MR) is 83.6 cm³/mol. The van der Waals surface area contributed by atoms with Crippen LogP contribution in [-0.4, -0.2) is 51.9 Å². The number of benzene rings is 1. The smallest absolute Gasteiger partial charge is 0.393 e. The summed E-state index contributed by atoms with van der Waals surface area (Å²) in [5.41, 5.74) is -3.30. The molecule has 0 radical (unpaired) electrons. The second-order valence-electron chi connectivity index (χ2n) is 5.21. The minimum atomic E-state index is -4.75. The van der Waals surface area contributed by atoms with Crippen LogP contribution in [0.3, 0.4) is 0 Å². The van der Waals surface area contributed by atoms with E-state index >= 15 is 0 Å². The summed E-state index contributed by atoms with van der Waals surface area (Å²) in [5, 5.41) is 36.1. The lowest BCUT2D eigenvalue weighted by molar-refractivity contribution is -0.137. The molecule has 3 N–H and O–H groups in total. The SMILES string of the molecule is CN1C(=S)N(c2ccc(C#N)c(C(F)(F)F)c2)C(=N)C1(CO)CO. The second kappa shape index (κ2) is 6.01. The number of likely N-dealkylation sites (N-methyl/N-ethyl adjacent to an activating group) is 1. The molecule has 6 nitrogen and oxygen atoms in total. The van der Waals surface area contributed by atoms with Crippen molar-refractivity contribution in [3.63, 3.8) is 0 Å². The van der Waals surface area contributed by atoms with Crippen LogP contribution in [0.2, 0.25) is 0 Å². The molecule has 1 saturated heterocycles. The van der Waals surface area contributed by atoms with Crippen molar-refractivity contribution < 1.29 is 23.4 Å². The van der Waals surface area contributed by atoms with Gasteiger partial charge in [-0.25, -0.2) is 0 Å². The molecule has 1 heterocycles.